The lowest BCUT2D eigenvalue weighted by Crippen LogP contribution is -2.34. The molecule has 2 amide bonds. The second-order valence-electron chi connectivity index (χ2n) is 8.61. The fourth-order valence-electron chi connectivity index (χ4n) is 4.54. The summed E-state index contributed by atoms with van der Waals surface area (Å²) in [5.41, 5.74) is 4.54. The summed E-state index contributed by atoms with van der Waals surface area (Å²) in [5.74, 6) is -0.955. The van der Waals surface area contributed by atoms with Gasteiger partial charge in [-0.3, -0.25) is 14.4 Å². The Balaban J connectivity index is 1.19. The van der Waals surface area contributed by atoms with E-state index in [2.05, 4.69) is 11.1 Å². The number of rotatable bonds is 6. The Labute approximate surface area is 207 Å². The summed E-state index contributed by atoms with van der Waals surface area (Å²) >= 11 is 1.60. The second kappa shape index (κ2) is 9.50. The van der Waals surface area contributed by atoms with Crippen molar-refractivity contribution in [1.29, 1.82) is 0 Å². The Morgan fingerprint density at radius 3 is 2.83 bits per heavy atom. The van der Waals surface area contributed by atoms with Crippen LogP contribution in [-0.2, 0) is 25.5 Å². The summed E-state index contributed by atoms with van der Waals surface area (Å²) in [6, 6.07) is 13.1. The number of aromatic nitrogens is 1. The number of thiazole rings is 1. The number of methoxy groups -OCH3 is 1. The molecule has 0 saturated carbocycles. The molecule has 8 nitrogen and oxygen atoms in total. The van der Waals surface area contributed by atoms with Crippen LogP contribution in [0.3, 0.4) is 0 Å². The lowest BCUT2D eigenvalue weighted by molar-refractivity contribution is -0.151. The van der Waals surface area contributed by atoms with Gasteiger partial charge >= 0.3 is 5.97 Å². The van der Waals surface area contributed by atoms with Gasteiger partial charge in [0.15, 0.2) is 6.61 Å². The highest BCUT2D eigenvalue weighted by molar-refractivity contribution is 7.09. The number of anilines is 2. The summed E-state index contributed by atoms with van der Waals surface area (Å²) in [7, 11) is 1.56. The molecule has 5 rings (SSSR count). The summed E-state index contributed by atoms with van der Waals surface area (Å²) in [5, 5.41) is 3.03. The molecule has 180 valence electrons. The fraction of sp³-hybridized carbons (Fsp3) is 0.308. The van der Waals surface area contributed by atoms with E-state index in [1.165, 1.54) is 0 Å². The number of carbonyl (C=O) groups is 3. The lowest BCUT2D eigenvalue weighted by atomic mass is 10.1. The Bertz CT molecular complexity index is 1300. The van der Waals surface area contributed by atoms with Crippen LogP contribution in [0.4, 0.5) is 11.4 Å². The molecule has 0 radical (unpaired) electrons. The van der Waals surface area contributed by atoms with Gasteiger partial charge in [0.1, 0.15) is 5.75 Å². The number of aryl methyl sites for hydroxylation is 1. The van der Waals surface area contributed by atoms with Gasteiger partial charge in [-0.25, -0.2) is 4.98 Å². The van der Waals surface area contributed by atoms with E-state index in [4.69, 9.17) is 9.47 Å². The molecule has 3 aromatic rings. The molecule has 0 N–H and O–H groups in total. The first-order valence-corrected chi connectivity index (χ1v) is 12.3. The van der Waals surface area contributed by atoms with Crippen LogP contribution in [0.5, 0.6) is 5.75 Å². The van der Waals surface area contributed by atoms with E-state index in [0.29, 0.717) is 18.0 Å². The molecule has 1 aromatic heterocycles. The zero-order chi connectivity index (χ0) is 24.5. The van der Waals surface area contributed by atoms with Crippen molar-refractivity contribution in [2.75, 3.05) is 36.6 Å². The molecule has 1 fully saturated rings. The topological polar surface area (TPSA) is 89.0 Å². The van der Waals surface area contributed by atoms with E-state index >= 15 is 0 Å². The molecule has 0 aliphatic carbocycles. The van der Waals surface area contributed by atoms with Crippen molar-refractivity contribution in [1.82, 2.24) is 4.98 Å². The molecule has 3 heterocycles. The van der Waals surface area contributed by atoms with E-state index in [0.717, 1.165) is 33.9 Å². The smallest absolute Gasteiger partial charge is 0.311 e. The largest absolute Gasteiger partial charge is 0.497 e. The van der Waals surface area contributed by atoms with Crippen LogP contribution >= 0.6 is 11.3 Å². The van der Waals surface area contributed by atoms with Gasteiger partial charge in [-0.05, 0) is 43.2 Å². The maximum absolute atomic E-state index is 12.9. The molecule has 1 saturated heterocycles. The zero-order valence-electron chi connectivity index (χ0n) is 19.5. The Morgan fingerprint density at radius 2 is 2.06 bits per heavy atom. The summed E-state index contributed by atoms with van der Waals surface area (Å²) in [6.45, 7) is 2.37. The van der Waals surface area contributed by atoms with Crippen LogP contribution in [0.2, 0.25) is 0 Å². The van der Waals surface area contributed by atoms with Crippen LogP contribution < -0.4 is 14.5 Å². The Morgan fingerprint density at radius 1 is 1.20 bits per heavy atom. The van der Waals surface area contributed by atoms with E-state index < -0.39 is 11.9 Å². The number of benzene rings is 2. The number of nitrogens with zero attached hydrogens (tertiary/aromatic N) is 3. The van der Waals surface area contributed by atoms with Gasteiger partial charge in [0.2, 0.25) is 5.91 Å². The van der Waals surface area contributed by atoms with Gasteiger partial charge in [-0.2, -0.15) is 0 Å². The minimum absolute atomic E-state index is 0.0512. The first kappa shape index (κ1) is 23.0. The molecule has 2 aromatic carbocycles. The van der Waals surface area contributed by atoms with Gasteiger partial charge in [0, 0.05) is 47.9 Å². The minimum atomic E-state index is -0.614. The van der Waals surface area contributed by atoms with Crippen molar-refractivity contribution in [3.63, 3.8) is 0 Å². The van der Waals surface area contributed by atoms with Crippen LogP contribution in [0.1, 0.15) is 17.0 Å². The molecule has 35 heavy (non-hydrogen) atoms. The highest BCUT2D eigenvalue weighted by atomic mass is 32.1. The highest BCUT2D eigenvalue weighted by Gasteiger charge is 2.37. The van der Waals surface area contributed by atoms with Crippen molar-refractivity contribution in [3.05, 3.63) is 58.4 Å². The van der Waals surface area contributed by atoms with Gasteiger partial charge in [0.25, 0.3) is 5.91 Å². The highest BCUT2D eigenvalue weighted by Crippen LogP contribution is 2.33. The van der Waals surface area contributed by atoms with E-state index in [1.807, 2.05) is 24.4 Å². The number of hydrogen-bond acceptors (Lipinski definition) is 7. The van der Waals surface area contributed by atoms with Gasteiger partial charge < -0.3 is 19.3 Å². The van der Waals surface area contributed by atoms with E-state index in [-0.39, 0.29) is 31.4 Å². The molecule has 0 spiro atoms. The minimum Gasteiger partial charge on any atom is -0.497 e. The molecular formula is C26H25N3O5S. The van der Waals surface area contributed by atoms with Gasteiger partial charge in [0.05, 0.1) is 23.7 Å². The number of hydrogen-bond donors (Lipinski definition) is 0. The molecular weight excluding hydrogens is 466 g/mol. The third-order valence-corrected chi connectivity index (χ3v) is 7.13. The Hall–Kier alpha value is -3.72. The number of carbonyl (C=O) groups excluding carboxylic acids is 3. The molecule has 1 atom stereocenters. The van der Waals surface area contributed by atoms with Crippen molar-refractivity contribution >= 4 is 40.5 Å². The third-order valence-electron chi connectivity index (χ3n) is 6.35. The molecule has 1 unspecified atom stereocenters. The maximum atomic E-state index is 12.9. The predicted molar refractivity (Wildman–Crippen MR) is 133 cm³/mol. The maximum Gasteiger partial charge on any atom is 0.311 e. The van der Waals surface area contributed by atoms with Crippen molar-refractivity contribution in [2.45, 2.75) is 19.8 Å². The SMILES string of the molecule is COc1cccc(N2CC(C(=O)OCC(=O)N3CCc4cc(-c5csc(C)n5)ccc43)CC2=O)c1. The second-order valence-corrected chi connectivity index (χ2v) is 9.67. The first-order chi connectivity index (χ1) is 16.9. The van der Waals surface area contributed by atoms with Crippen molar-refractivity contribution < 1.29 is 23.9 Å². The van der Waals surface area contributed by atoms with Crippen LogP contribution in [0, 0.1) is 12.8 Å². The van der Waals surface area contributed by atoms with E-state index in [9.17, 15) is 14.4 Å². The summed E-state index contributed by atoms with van der Waals surface area (Å²) in [6.07, 6.45) is 0.786. The number of fused-ring (bicyclic) bond motifs is 1. The number of esters is 1. The summed E-state index contributed by atoms with van der Waals surface area (Å²) < 4.78 is 10.6. The lowest BCUT2D eigenvalue weighted by Gasteiger charge is -2.19. The normalized spacial score (nSPS) is 17.0. The number of ether oxygens (including phenoxy) is 2. The predicted octanol–water partition coefficient (Wildman–Crippen LogP) is 3.61. The fourth-order valence-corrected chi connectivity index (χ4v) is 5.16. The quantitative estimate of drug-likeness (QED) is 0.490. The van der Waals surface area contributed by atoms with Crippen LogP contribution in [0.15, 0.2) is 47.8 Å². The van der Waals surface area contributed by atoms with Crippen LogP contribution in [0.25, 0.3) is 11.3 Å². The van der Waals surface area contributed by atoms with Gasteiger partial charge in [-0.1, -0.05) is 12.1 Å². The monoisotopic (exact) mass is 491 g/mol. The van der Waals surface area contributed by atoms with Crippen LogP contribution in [-0.4, -0.2) is 49.6 Å². The molecule has 2 aliphatic rings. The summed E-state index contributed by atoms with van der Waals surface area (Å²) in [4.78, 5) is 45.7. The Kier molecular flexibility index (Phi) is 6.25. The molecule has 0 bridgehead atoms. The first-order valence-electron chi connectivity index (χ1n) is 11.4. The van der Waals surface area contributed by atoms with Gasteiger partial charge in [-0.15, -0.1) is 11.3 Å². The van der Waals surface area contributed by atoms with E-state index in [1.54, 1.807) is 52.5 Å². The number of amides is 2. The zero-order valence-corrected chi connectivity index (χ0v) is 20.3. The van der Waals surface area contributed by atoms with Crippen molar-refractivity contribution in [2.24, 2.45) is 5.92 Å². The average Bonchev–Trinajstić information content (AvgIpc) is 3.60. The van der Waals surface area contributed by atoms with Crippen molar-refractivity contribution in [3.8, 4) is 17.0 Å². The molecule has 2 aliphatic heterocycles. The standard InChI is InChI=1S/C26H25N3O5S/c1-16-27-22(15-35-16)17-6-7-23-18(10-17)8-9-28(23)25(31)14-34-26(32)19-11-24(30)29(13-19)20-4-3-5-21(12-20)33-2/h3-7,10,12,15,19H,8-9,11,13-14H2,1-2H3. The molecule has 9 heteroatoms. The third kappa shape index (κ3) is 4.64. The average molecular weight is 492 g/mol.